The summed E-state index contributed by atoms with van der Waals surface area (Å²) in [5.41, 5.74) is 0. The van der Waals surface area contributed by atoms with E-state index < -0.39 is 0 Å². The molecule has 1 saturated heterocycles. The maximum atomic E-state index is 5.51. The molecule has 0 aliphatic carbocycles. The number of hydrogen-bond acceptors (Lipinski definition) is 2. The number of nitrogens with one attached hydrogen (secondary N) is 1. The average molecular weight is 185 g/mol. The van der Waals surface area contributed by atoms with Crippen molar-refractivity contribution >= 4 is 0 Å². The van der Waals surface area contributed by atoms with Crippen LogP contribution in [0.1, 0.15) is 40.5 Å². The van der Waals surface area contributed by atoms with Crippen LogP contribution in [0, 0.1) is 5.92 Å². The Labute approximate surface area is 82.0 Å². The smallest absolute Gasteiger partial charge is 0.0700 e. The molecule has 3 atom stereocenters. The van der Waals surface area contributed by atoms with Gasteiger partial charge in [0, 0.05) is 18.7 Å². The van der Waals surface area contributed by atoms with E-state index in [9.17, 15) is 0 Å². The molecule has 3 unspecified atom stereocenters. The van der Waals surface area contributed by atoms with Crippen LogP contribution < -0.4 is 5.32 Å². The maximum absolute atomic E-state index is 5.51. The van der Waals surface area contributed by atoms with E-state index in [0.717, 1.165) is 12.5 Å². The first-order valence-electron chi connectivity index (χ1n) is 5.47. The monoisotopic (exact) mass is 185 g/mol. The molecule has 0 saturated carbocycles. The Hall–Kier alpha value is -0.0800. The van der Waals surface area contributed by atoms with Gasteiger partial charge in [-0.3, -0.25) is 0 Å². The molecule has 1 rings (SSSR count). The lowest BCUT2D eigenvalue weighted by Crippen LogP contribution is -2.41. The van der Waals surface area contributed by atoms with Gasteiger partial charge in [-0.15, -0.1) is 0 Å². The van der Waals surface area contributed by atoms with Crippen molar-refractivity contribution in [3.8, 4) is 0 Å². The highest BCUT2D eigenvalue weighted by atomic mass is 16.5. The summed E-state index contributed by atoms with van der Waals surface area (Å²) < 4.78 is 5.51. The molecule has 13 heavy (non-hydrogen) atoms. The largest absolute Gasteiger partial charge is 0.377 e. The first kappa shape index (κ1) is 11.0. The van der Waals surface area contributed by atoms with Gasteiger partial charge in [0.15, 0.2) is 0 Å². The predicted octanol–water partition coefficient (Wildman–Crippen LogP) is 2.19. The Morgan fingerprint density at radius 2 is 2.08 bits per heavy atom. The van der Waals surface area contributed by atoms with E-state index >= 15 is 0 Å². The summed E-state index contributed by atoms with van der Waals surface area (Å²) >= 11 is 0. The minimum absolute atomic E-state index is 0.398. The van der Waals surface area contributed by atoms with Gasteiger partial charge in [-0.25, -0.2) is 0 Å². The lowest BCUT2D eigenvalue weighted by molar-refractivity contribution is 0.110. The molecule has 2 nitrogen and oxygen atoms in total. The molecule has 1 N–H and O–H groups in total. The van der Waals surface area contributed by atoms with Crippen molar-refractivity contribution in [1.29, 1.82) is 0 Å². The maximum Gasteiger partial charge on any atom is 0.0700 e. The summed E-state index contributed by atoms with van der Waals surface area (Å²) in [5.74, 6) is 0.778. The summed E-state index contributed by atoms with van der Waals surface area (Å²) in [6.07, 6.45) is 2.82. The van der Waals surface area contributed by atoms with Crippen LogP contribution in [0.4, 0.5) is 0 Å². The Kier molecular flexibility index (Phi) is 4.20. The quantitative estimate of drug-likeness (QED) is 0.725. The third-order valence-corrected chi connectivity index (χ3v) is 2.70. The zero-order valence-electron chi connectivity index (χ0n) is 9.34. The van der Waals surface area contributed by atoms with Crippen molar-refractivity contribution in [3.05, 3.63) is 0 Å². The van der Waals surface area contributed by atoms with Gasteiger partial charge >= 0.3 is 0 Å². The van der Waals surface area contributed by atoms with Crippen LogP contribution in [-0.4, -0.2) is 24.8 Å². The van der Waals surface area contributed by atoms with Crippen molar-refractivity contribution in [2.45, 2.75) is 58.7 Å². The van der Waals surface area contributed by atoms with Crippen molar-refractivity contribution < 1.29 is 4.74 Å². The van der Waals surface area contributed by atoms with Crippen molar-refractivity contribution in [1.82, 2.24) is 5.32 Å². The second-order valence-electron chi connectivity index (χ2n) is 4.67. The highest BCUT2D eigenvalue weighted by molar-refractivity contribution is 4.81. The Morgan fingerprint density at radius 3 is 2.54 bits per heavy atom. The van der Waals surface area contributed by atoms with Crippen molar-refractivity contribution in [2.75, 3.05) is 6.61 Å². The molecule has 2 heteroatoms. The van der Waals surface area contributed by atoms with Gasteiger partial charge in [-0.1, -0.05) is 13.8 Å². The molecule has 0 bridgehead atoms. The average Bonchev–Trinajstić information content (AvgIpc) is 2.34. The van der Waals surface area contributed by atoms with Crippen molar-refractivity contribution in [2.24, 2.45) is 5.92 Å². The number of ether oxygens (including phenoxy) is 1. The third kappa shape index (κ3) is 3.65. The molecule has 1 aliphatic heterocycles. The second kappa shape index (κ2) is 4.97. The summed E-state index contributed by atoms with van der Waals surface area (Å²) in [5, 5.41) is 3.63. The lowest BCUT2D eigenvalue weighted by atomic mass is 10.0. The van der Waals surface area contributed by atoms with E-state index in [1.54, 1.807) is 0 Å². The Bertz CT molecular complexity index is 147. The fraction of sp³-hybridized carbons (Fsp3) is 1.00. The van der Waals surface area contributed by atoms with Gasteiger partial charge in [0.25, 0.3) is 0 Å². The van der Waals surface area contributed by atoms with Gasteiger partial charge in [-0.2, -0.15) is 0 Å². The first-order valence-corrected chi connectivity index (χ1v) is 5.47. The Balaban J connectivity index is 2.22. The normalized spacial score (nSPS) is 31.2. The summed E-state index contributed by atoms with van der Waals surface area (Å²) in [7, 11) is 0. The van der Waals surface area contributed by atoms with E-state index in [1.807, 2.05) is 0 Å². The lowest BCUT2D eigenvalue weighted by Gasteiger charge is -2.22. The van der Waals surface area contributed by atoms with Gasteiger partial charge in [-0.05, 0) is 32.6 Å². The summed E-state index contributed by atoms with van der Waals surface area (Å²) in [6, 6.07) is 1.20. The molecular formula is C11H23NO. The van der Waals surface area contributed by atoms with Crippen molar-refractivity contribution in [3.63, 3.8) is 0 Å². The van der Waals surface area contributed by atoms with Crippen LogP contribution in [0.3, 0.4) is 0 Å². The molecule has 1 aliphatic rings. The molecule has 1 heterocycles. The first-order chi connectivity index (χ1) is 6.09. The Morgan fingerprint density at radius 1 is 1.38 bits per heavy atom. The molecular weight excluding hydrogens is 162 g/mol. The third-order valence-electron chi connectivity index (χ3n) is 2.70. The molecule has 0 aromatic carbocycles. The molecule has 0 amide bonds. The predicted molar refractivity (Wildman–Crippen MR) is 55.9 cm³/mol. The SMILES string of the molecule is CC(C)CC(C)NC1CCOC1C. The van der Waals surface area contributed by atoms with Crippen LogP contribution in [0.5, 0.6) is 0 Å². The van der Waals surface area contributed by atoms with E-state index in [0.29, 0.717) is 18.2 Å². The standard InChI is InChI=1S/C11H23NO/c1-8(2)7-9(3)12-11-5-6-13-10(11)4/h8-12H,5-7H2,1-4H3. The molecule has 1 fully saturated rings. The van der Waals surface area contributed by atoms with Gasteiger partial charge < -0.3 is 10.1 Å². The zero-order chi connectivity index (χ0) is 9.84. The number of hydrogen-bond donors (Lipinski definition) is 1. The minimum Gasteiger partial charge on any atom is -0.377 e. The fourth-order valence-electron chi connectivity index (χ4n) is 2.09. The highest BCUT2D eigenvalue weighted by Gasteiger charge is 2.25. The van der Waals surface area contributed by atoms with Crippen LogP contribution in [0.15, 0.2) is 0 Å². The fourth-order valence-corrected chi connectivity index (χ4v) is 2.09. The van der Waals surface area contributed by atoms with Gasteiger partial charge in [0.1, 0.15) is 0 Å². The minimum atomic E-state index is 0.398. The summed E-state index contributed by atoms with van der Waals surface area (Å²) in [4.78, 5) is 0. The second-order valence-corrected chi connectivity index (χ2v) is 4.67. The summed E-state index contributed by atoms with van der Waals surface area (Å²) in [6.45, 7) is 9.89. The molecule has 78 valence electrons. The van der Waals surface area contributed by atoms with Crippen LogP contribution >= 0.6 is 0 Å². The van der Waals surface area contributed by atoms with Gasteiger partial charge in [0.2, 0.25) is 0 Å². The zero-order valence-corrected chi connectivity index (χ0v) is 9.34. The van der Waals surface area contributed by atoms with Crippen LogP contribution in [0.2, 0.25) is 0 Å². The van der Waals surface area contributed by atoms with E-state index in [1.165, 1.54) is 12.8 Å². The molecule has 0 radical (unpaired) electrons. The van der Waals surface area contributed by atoms with Crippen LogP contribution in [0.25, 0.3) is 0 Å². The number of rotatable bonds is 4. The van der Waals surface area contributed by atoms with E-state index in [-0.39, 0.29) is 0 Å². The molecule has 0 spiro atoms. The topological polar surface area (TPSA) is 21.3 Å². The van der Waals surface area contributed by atoms with Gasteiger partial charge in [0.05, 0.1) is 6.10 Å². The van der Waals surface area contributed by atoms with E-state index in [4.69, 9.17) is 4.74 Å². The van der Waals surface area contributed by atoms with E-state index in [2.05, 4.69) is 33.0 Å². The van der Waals surface area contributed by atoms with Crippen LogP contribution in [-0.2, 0) is 4.74 Å². The highest BCUT2D eigenvalue weighted by Crippen LogP contribution is 2.14. The molecule has 0 aromatic heterocycles. The molecule has 0 aromatic rings.